The van der Waals surface area contributed by atoms with Crippen molar-refractivity contribution in [1.82, 2.24) is 10.1 Å². The number of carboxylic acid groups (broad SMARTS) is 1. The van der Waals surface area contributed by atoms with Crippen molar-refractivity contribution in [1.29, 1.82) is 0 Å². The van der Waals surface area contributed by atoms with Gasteiger partial charge in [0.1, 0.15) is 0 Å². The summed E-state index contributed by atoms with van der Waals surface area (Å²) in [5.41, 5.74) is 0.499. The van der Waals surface area contributed by atoms with E-state index < -0.39 is 17.9 Å². The van der Waals surface area contributed by atoms with Gasteiger partial charge >= 0.3 is 5.97 Å². The van der Waals surface area contributed by atoms with E-state index in [2.05, 4.69) is 10.5 Å². The van der Waals surface area contributed by atoms with Gasteiger partial charge in [-0.25, -0.2) is 4.79 Å². The van der Waals surface area contributed by atoms with E-state index in [0.717, 1.165) is 12.8 Å². The molecule has 21 heavy (non-hydrogen) atoms. The number of nitrogens with one attached hydrogen (secondary N) is 1. The number of aliphatic carboxylic acids is 1. The topological polar surface area (TPSA) is 95.7 Å². The van der Waals surface area contributed by atoms with Gasteiger partial charge in [-0.05, 0) is 25.9 Å². The summed E-state index contributed by atoms with van der Waals surface area (Å²) in [6.07, 6.45) is 1.82. The highest BCUT2D eigenvalue weighted by Crippen LogP contribution is 2.24. The van der Waals surface area contributed by atoms with Gasteiger partial charge in [0.15, 0.2) is 6.04 Å². The molecule has 1 fully saturated rings. The zero-order valence-electron chi connectivity index (χ0n) is 12.5. The van der Waals surface area contributed by atoms with Crippen LogP contribution in [0.1, 0.15) is 39.3 Å². The number of carbonyl (C=O) groups excluding carboxylic acids is 1. The molecule has 0 saturated carbocycles. The van der Waals surface area contributed by atoms with Gasteiger partial charge in [-0.2, -0.15) is 0 Å². The minimum absolute atomic E-state index is 0.176. The lowest BCUT2D eigenvalue weighted by Crippen LogP contribution is -2.47. The smallest absolute Gasteiger partial charge is 0.330 e. The molecule has 2 rings (SSSR count). The van der Waals surface area contributed by atoms with Crippen molar-refractivity contribution >= 4 is 17.8 Å². The van der Waals surface area contributed by atoms with Crippen molar-refractivity contribution in [3.8, 4) is 0 Å². The van der Waals surface area contributed by atoms with Crippen LogP contribution >= 0.6 is 0 Å². The predicted molar refractivity (Wildman–Crippen MR) is 76.1 cm³/mol. The SMILES string of the molecule is CC(C)(C)c1cc(NC(=O)[C@@H](C(=O)O)N2CCCC2)on1. The molecule has 0 aromatic carbocycles. The van der Waals surface area contributed by atoms with Crippen molar-refractivity contribution in [3.63, 3.8) is 0 Å². The van der Waals surface area contributed by atoms with Gasteiger partial charge in [0.25, 0.3) is 5.91 Å². The number of carboxylic acids is 1. The Hall–Kier alpha value is -1.89. The lowest BCUT2D eigenvalue weighted by molar-refractivity contribution is -0.146. The molecule has 1 aromatic heterocycles. The molecule has 0 bridgehead atoms. The molecular weight excluding hydrogens is 274 g/mol. The van der Waals surface area contributed by atoms with Gasteiger partial charge in [0.05, 0.1) is 5.69 Å². The van der Waals surface area contributed by atoms with Crippen molar-refractivity contribution in [2.75, 3.05) is 18.4 Å². The van der Waals surface area contributed by atoms with Crippen LogP contribution in [0.4, 0.5) is 5.88 Å². The number of rotatable bonds is 4. The quantitative estimate of drug-likeness (QED) is 0.816. The van der Waals surface area contributed by atoms with E-state index in [-0.39, 0.29) is 11.3 Å². The minimum atomic E-state index is -1.18. The maximum absolute atomic E-state index is 12.2. The van der Waals surface area contributed by atoms with Crippen molar-refractivity contribution < 1.29 is 19.2 Å². The molecule has 0 spiro atoms. The van der Waals surface area contributed by atoms with Crippen LogP contribution < -0.4 is 5.32 Å². The monoisotopic (exact) mass is 295 g/mol. The van der Waals surface area contributed by atoms with Crippen molar-refractivity contribution in [2.45, 2.75) is 45.1 Å². The van der Waals surface area contributed by atoms with E-state index >= 15 is 0 Å². The van der Waals surface area contributed by atoms with Crippen molar-refractivity contribution in [2.24, 2.45) is 0 Å². The lowest BCUT2D eigenvalue weighted by atomic mass is 9.92. The van der Waals surface area contributed by atoms with E-state index in [1.807, 2.05) is 20.8 Å². The second-order valence-corrected chi connectivity index (χ2v) is 6.30. The number of hydrogen-bond donors (Lipinski definition) is 2. The molecule has 1 atom stereocenters. The van der Waals surface area contributed by atoms with Crippen LogP contribution in [-0.2, 0) is 15.0 Å². The number of anilines is 1. The molecule has 1 amide bonds. The van der Waals surface area contributed by atoms with Crippen LogP contribution in [0.2, 0.25) is 0 Å². The molecule has 1 saturated heterocycles. The summed E-state index contributed by atoms with van der Waals surface area (Å²) in [6, 6.07) is 0.441. The summed E-state index contributed by atoms with van der Waals surface area (Å²) in [5, 5.41) is 15.7. The van der Waals surface area contributed by atoms with Gasteiger partial charge < -0.3 is 9.63 Å². The van der Waals surface area contributed by atoms with E-state index in [1.54, 1.807) is 11.0 Å². The largest absolute Gasteiger partial charge is 0.480 e. The van der Waals surface area contributed by atoms with Gasteiger partial charge in [-0.3, -0.25) is 15.0 Å². The summed E-state index contributed by atoms with van der Waals surface area (Å²) in [4.78, 5) is 25.2. The molecule has 1 aliphatic rings. The average Bonchev–Trinajstić information content (AvgIpc) is 2.98. The molecule has 1 aromatic rings. The Labute approximate surface area is 123 Å². The van der Waals surface area contributed by atoms with E-state index in [0.29, 0.717) is 18.8 Å². The fourth-order valence-corrected chi connectivity index (χ4v) is 2.31. The normalized spacial score (nSPS) is 17.7. The van der Waals surface area contributed by atoms with Crippen LogP contribution in [0.15, 0.2) is 10.6 Å². The summed E-state index contributed by atoms with van der Waals surface area (Å²) in [7, 11) is 0. The first-order valence-corrected chi connectivity index (χ1v) is 7.04. The molecule has 2 heterocycles. The Bertz CT molecular complexity index is 527. The standard InChI is InChI=1S/C14H21N3O4/c1-14(2,3)9-8-10(21-16-9)15-12(18)11(13(19)20)17-6-4-5-7-17/h8,11H,4-7H2,1-3H3,(H,15,18)(H,19,20)/t11-/m0/s1. The Morgan fingerprint density at radius 1 is 1.38 bits per heavy atom. The molecular formula is C14H21N3O4. The molecule has 0 aliphatic carbocycles. The first kappa shape index (κ1) is 15.5. The number of carbonyl (C=O) groups is 2. The summed E-state index contributed by atoms with van der Waals surface area (Å²) in [5.74, 6) is -1.57. The van der Waals surface area contributed by atoms with E-state index in [4.69, 9.17) is 4.52 Å². The molecule has 7 nitrogen and oxygen atoms in total. The van der Waals surface area contributed by atoms with Gasteiger partial charge in [-0.1, -0.05) is 25.9 Å². The molecule has 0 radical (unpaired) electrons. The molecule has 116 valence electrons. The Balaban J connectivity index is 2.08. The molecule has 2 N–H and O–H groups in total. The van der Waals surface area contributed by atoms with Crippen LogP contribution in [0, 0.1) is 0 Å². The Kier molecular flexibility index (Phi) is 4.32. The number of aromatic nitrogens is 1. The minimum Gasteiger partial charge on any atom is -0.480 e. The zero-order chi connectivity index (χ0) is 15.6. The molecule has 0 unspecified atom stereocenters. The summed E-state index contributed by atoms with van der Waals surface area (Å²) < 4.78 is 5.06. The molecule has 7 heteroatoms. The third-order valence-corrected chi connectivity index (χ3v) is 3.51. The maximum Gasteiger partial charge on any atom is 0.330 e. The van der Waals surface area contributed by atoms with Gasteiger partial charge in [-0.15, -0.1) is 0 Å². The predicted octanol–water partition coefficient (Wildman–Crippen LogP) is 1.46. The van der Waals surface area contributed by atoms with Gasteiger partial charge in [0, 0.05) is 11.5 Å². The first-order valence-electron chi connectivity index (χ1n) is 7.04. The summed E-state index contributed by atoms with van der Waals surface area (Å²) in [6.45, 7) is 7.16. The first-order chi connectivity index (χ1) is 9.79. The second kappa shape index (κ2) is 5.85. The van der Waals surface area contributed by atoms with Crippen LogP contribution in [-0.4, -0.2) is 46.2 Å². The summed E-state index contributed by atoms with van der Waals surface area (Å²) >= 11 is 0. The number of amides is 1. The fourth-order valence-electron chi connectivity index (χ4n) is 2.31. The number of likely N-dealkylation sites (tertiary alicyclic amines) is 1. The third-order valence-electron chi connectivity index (χ3n) is 3.51. The van der Waals surface area contributed by atoms with Gasteiger partial charge in [0.2, 0.25) is 5.88 Å². The fraction of sp³-hybridized carbons (Fsp3) is 0.643. The Morgan fingerprint density at radius 3 is 2.48 bits per heavy atom. The average molecular weight is 295 g/mol. The highest BCUT2D eigenvalue weighted by molar-refractivity contribution is 6.07. The number of hydrogen-bond acceptors (Lipinski definition) is 5. The second-order valence-electron chi connectivity index (χ2n) is 6.30. The Morgan fingerprint density at radius 2 is 2.00 bits per heavy atom. The van der Waals surface area contributed by atoms with Crippen molar-refractivity contribution in [3.05, 3.63) is 11.8 Å². The van der Waals surface area contributed by atoms with Crippen LogP contribution in [0.3, 0.4) is 0 Å². The van der Waals surface area contributed by atoms with Crippen LogP contribution in [0.5, 0.6) is 0 Å². The van der Waals surface area contributed by atoms with E-state index in [9.17, 15) is 14.7 Å². The van der Waals surface area contributed by atoms with E-state index in [1.165, 1.54) is 0 Å². The molecule has 1 aliphatic heterocycles. The lowest BCUT2D eigenvalue weighted by Gasteiger charge is -2.21. The highest BCUT2D eigenvalue weighted by Gasteiger charge is 2.35. The zero-order valence-corrected chi connectivity index (χ0v) is 12.5. The number of nitrogens with zero attached hydrogens (tertiary/aromatic N) is 2. The highest BCUT2D eigenvalue weighted by atomic mass is 16.5. The maximum atomic E-state index is 12.2. The van der Waals surface area contributed by atoms with Crippen LogP contribution in [0.25, 0.3) is 0 Å². The third kappa shape index (κ3) is 3.60.